The second-order valence-corrected chi connectivity index (χ2v) is 33.5. The van der Waals surface area contributed by atoms with E-state index in [0.29, 0.717) is 6.42 Å². The predicted molar refractivity (Wildman–Crippen MR) is 401 cm³/mol. The Balaban J connectivity index is 0.605. The molecule has 32 N–H and O–H groups in total. The van der Waals surface area contributed by atoms with Gasteiger partial charge in [0.05, 0.1) is 66.1 Å². The molecule has 10 saturated heterocycles. The van der Waals surface area contributed by atoms with E-state index >= 15 is 0 Å². The number of aliphatic hydroxyl groups is 31. The molecule has 129 heavy (non-hydrogen) atoms. The summed E-state index contributed by atoms with van der Waals surface area (Å²) in [5.41, 5.74) is -0.0370. The number of rotatable bonds is 34. The molecule has 0 amide bonds. The summed E-state index contributed by atoms with van der Waals surface area (Å²) in [7, 11) is 2.25. The van der Waals surface area contributed by atoms with Crippen LogP contribution in [-0.2, 0) is 106 Å². The first-order valence-corrected chi connectivity index (χ1v) is 41.5. The minimum absolute atomic E-state index is 0.157. The normalized spacial score (nSPS) is 49.4. The second kappa shape index (κ2) is 44.7. The zero-order chi connectivity index (χ0) is 94.1. The molecule has 51 atom stereocenters. The fraction of sp³-hybridized carbons (Fsp3) is 0.893. The summed E-state index contributed by atoms with van der Waals surface area (Å²) >= 11 is 0. The van der Waals surface area contributed by atoms with Crippen molar-refractivity contribution in [3.05, 3.63) is 41.5 Å². The third kappa shape index (κ3) is 21.4. The van der Waals surface area contributed by atoms with E-state index in [4.69, 9.17) is 104 Å². The Morgan fingerprint density at radius 3 is 0.667 bits per heavy atom. The molecule has 0 saturated carbocycles. The van der Waals surface area contributed by atoms with Gasteiger partial charge < -0.3 is 268 Å². The van der Waals surface area contributed by atoms with E-state index in [1.54, 1.807) is 26.0 Å². The zero-order valence-corrected chi connectivity index (χ0v) is 69.4. The summed E-state index contributed by atoms with van der Waals surface area (Å²) < 4.78 is 126. The van der Waals surface area contributed by atoms with Gasteiger partial charge in [0.2, 0.25) is 12.2 Å². The predicted octanol–water partition coefficient (Wildman–Crippen LogP) is -18.6. The third-order valence-electron chi connectivity index (χ3n) is 25.0. The second-order valence-electron chi connectivity index (χ2n) is 33.5. The van der Waals surface area contributed by atoms with Crippen molar-refractivity contribution in [2.45, 2.75) is 333 Å². The molecule has 12 rings (SSSR count). The van der Waals surface area contributed by atoms with Crippen LogP contribution in [0.4, 0.5) is 0 Å². The summed E-state index contributed by atoms with van der Waals surface area (Å²) in [5.74, 6) is -0.364. The highest BCUT2D eigenvalue weighted by Gasteiger charge is 2.62. The Morgan fingerprint density at radius 1 is 0.256 bits per heavy atom. The van der Waals surface area contributed by atoms with Crippen LogP contribution in [0.3, 0.4) is 0 Å². The van der Waals surface area contributed by atoms with Gasteiger partial charge in [0.1, 0.15) is 250 Å². The molecule has 744 valence electrons. The number of benzene rings is 1. The van der Waals surface area contributed by atoms with Crippen molar-refractivity contribution < 1.29 is 263 Å². The Morgan fingerprint density at radius 2 is 0.450 bits per heavy atom. The van der Waals surface area contributed by atoms with Crippen LogP contribution in [-0.4, -0.2) is 552 Å². The number of ether oxygens (including phenoxy) is 22. The Bertz CT molecular complexity index is 3600. The highest BCUT2D eigenvalue weighted by Crippen LogP contribution is 2.43. The van der Waals surface area contributed by atoms with Crippen LogP contribution in [0, 0.1) is 5.41 Å². The van der Waals surface area contributed by atoms with E-state index in [1.165, 1.54) is 19.2 Å². The van der Waals surface area contributed by atoms with Gasteiger partial charge in [-0.3, -0.25) is 0 Å². The topological polar surface area (TPSA) is 842 Å². The maximum Gasteiger partial charge on any atom is 0.229 e. The molecule has 54 heteroatoms. The van der Waals surface area contributed by atoms with Gasteiger partial charge in [0, 0.05) is 25.7 Å². The van der Waals surface area contributed by atoms with Crippen LogP contribution in [0.1, 0.15) is 19.4 Å². The number of hydrogen-bond acceptors (Lipinski definition) is 54. The molecule has 11 aliphatic rings. The maximum absolute atomic E-state index is 11.8. The fourth-order valence-corrected chi connectivity index (χ4v) is 17.3. The van der Waals surface area contributed by atoms with Crippen molar-refractivity contribution in [1.82, 2.24) is 5.32 Å². The molecule has 11 aliphatic heterocycles. The Hall–Kier alpha value is -3.84. The van der Waals surface area contributed by atoms with Crippen LogP contribution in [0.2, 0.25) is 0 Å². The highest BCUT2D eigenvalue weighted by molar-refractivity contribution is 5.30. The van der Waals surface area contributed by atoms with Gasteiger partial charge in [-0.15, -0.1) is 0 Å². The molecule has 0 aliphatic carbocycles. The lowest BCUT2D eigenvalue weighted by atomic mass is 9.82. The maximum atomic E-state index is 11.8. The van der Waals surface area contributed by atoms with Gasteiger partial charge in [-0.1, -0.05) is 26.0 Å². The van der Waals surface area contributed by atoms with Gasteiger partial charge in [-0.05, 0) is 24.1 Å². The summed E-state index contributed by atoms with van der Waals surface area (Å²) in [6, 6.07) is 6.05. The first kappa shape index (κ1) is 104. The van der Waals surface area contributed by atoms with Gasteiger partial charge in [0.15, 0.2) is 62.4 Å². The van der Waals surface area contributed by atoms with Crippen molar-refractivity contribution in [2.75, 3.05) is 80.3 Å². The average molecular weight is 1880 g/mol. The highest BCUT2D eigenvalue weighted by atomic mass is 16.8. The molecule has 54 nitrogen and oxygen atoms in total. The van der Waals surface area contributed by atoms with E-state index < -0.39 is 379 Å². The molecule has 0 bridgehead atoms. The van der Waals surface area contributed by atoms with Crippen molar-refractivity contribution in [3.8, 4) is 5.75 Å². The number of aliphatic hydroxyl groups excluding tert-OH is 31. The summed E-state index contributed by atoms with van der Waals surface area (Å²) in [5, 5.41) is 344. The van der Waals surface area contributed by atoms with E-state index in [9.17, 15) is 158 Å². The first-order valence-electron chi connectivity index (χ1n) is 41.5. The van der Waals surface area contributed by atoms with Crippen molar-refractivity contribution in [3.63, 3.8) is 0 Å². The van der Waals surface area contributed by atoms with Gasteiger partial charge in [-0.25, -0.2) is 0 Å². The molecule has 1 aromatic rings. The number of methoxy groups -OCH3 is 2. The van der Waals surface area contributed by atoms with E-state index in [2.05, 4.69) is 5.32 Å². The first-order chi connectivity index (χ1) is 61.3. The van der Waals surface area contributed by atoms with Gasteiger partial charge >= 0.3 is 0 Å². The van der Waals surface area contributed by atoms with Gasteiger partial charge in [0.25, 0.3) is 0 Å². The molecular formula is C75H121NO53. The largest absolute Gasteiger partial charge is 0.506 e. The minimum atomic E-state index is -2.32. The molecular weight excluding hydrogens is 1760 g/mol. The number of nitrogens with one attached hydrogen (secondary N) is 1. The van der Waals surface area contributed by atoms with Crippen LogP contribution in [0.25, 0.3) is 0 Å². The van der Waals surface area contributed by atoms with Crippen LogP contribution in [0.5, 0.6) is 5.75 Å². The fourth-order valence-electron chi connectivity index (χ4n) is 17.3. The minimum Gasteiger partial charge on any atom is -0.506 e. The molecule has 0 spiro atoms. The monoisotopic (exact) mass is 1880 g/mol. The van der Waals surface area contributed by atoms with Crippen LogP contribution >= 0.6 is 0 Å². The zero-order valence-electron chi connectivity index (χ0n) is 69.4. The van der Waals surface area contributed by atoms with Crippen LogP contribution < -0.4 is 10.1 Å². The molecule has 1 aromatic carbocycles. The molecule has 0 aromatic heterocycles. The number of hydrogen-bond donors (Lipinski definition) is 32. The lowest BCUT2D eigenvalue weighted by Crippen LogP contribution is -2.68. The Kier molecular flexibility index (Phi) is 36.1. The van der Waals surface area contributed by atoms with Gasteiger partial charge in [-0.2, -0.15) is 0 Å². The Labute approximate surface area is 732 Å². The van der Waals surface area contributed by atoms with Crippen molar-refractivity contribution in [2.24, 2.45) is 5.41 Å². The molecule has 10 fully saturated rings. The van der Waals surface area contributed by atoms with Crippen molar-refractivity contribution in [1.29, 1.82) is 0 Å². The summed E-state index contributed by atoms with van der Waals surface area (Å²) in [4.78, 5) is 0. The third-order valence-corrected chi connectivity index (χ3v) is 25.0. The summed E-state index contributed by atoms with van der Waals surface area (Å²) in [6.07, 6.45) is -97.3. The average Bonchev–Trinajstić information content (AvgIpc) is 1.59. The summed E-state index contributed by atoms with van der Waals surface area (Å²) in [6.45, 7) is -6.77. The SMILES string of the molecule is COC1C(CO)OC(OC2C(CO)OC(OC3C(CO)OC(OC4C(CO)OC(OC5C(CO)OC(OC6C(CO)OC(OC7C(CO)OC(OC8C(CO)OC(OC9C(CO)OC(OC%10C(CO)OC(Oc%11ccc(CC%12NC(O)=C(O)C%12(C)C)cc%11)C(O)C%10O)C(OC)C9O)C(O)C8O)C(O)C7O)C(O)C6O)C(O)C5O)C(O)C4O)C(O)C3O)C(O)C2O)C(O)C1O. The molecule has 51 unspecified atom stereocenters. The molecule has 11 heterocycles. The smallest absolute Gasteiger partial charge is 0.229 e. The lowest BCUT2D eigenvalue weighted by Gasteiger charge is -2.50. The molecule has 0 radical (unpaired) electrons. The lowest BCUT2D eigenvalue weighted by molar-refractivity contribution is -0.401. The van der Waals surface area contributed by atoms with E-state index in [1.807, 2.05) is 0 Å². The van der Waals surface area contributed by atoms with Crippen LogP contribution in [0.15, 0.2) is 35.9 Å². The van der Waals surface area contributed by atoms with E-state index in [0.717, 1.165) is 12.7 Å². The van der Waals surface area contributed by atoms with Crippen molar-refractivity contribution >= 4 is 0 Å². The van der Waals surface area contributed by atoms with E-state index in [-0.39, 0.29) is 23.4 Å². The quantitative estimate of drug-likeness (QED) is 0.0305. The standard InChI is InChI=1S/C75H121NO53/c1-75(2)32(76-64(107)63(75)106)9-20-5-7-21(8-6-20)110-65-43(97)34(88)60(30(18-85)112-65)129-74-62(109-4)51(105)61(31(19-86)120-74)128-73-50(104)41(95)59(29(17-84)119-73)127-72-49(103)40(94)58(28(16-83)118-72)126-71-48(102)39(93)57(27(15-82)117-71)125-70-47(101)38(92)56(26(14-81)116-70)124-69-46(100)37(91)55(25(13-80)115-69)123-68-45(99)36(90)54(24(12-79)114-68)122-67-44(98)35(89)53(23(11-78)113-67)121-66-42(96)33(87)52(108-3)22(10-77)111-66/h5-8,22-62,65-74,76-107H,9-19H2,1-4H3.